The van der Waals surface area contributed by atoms with Crippen LogP contribution in [0.4, 0.5) is 18.9 Å². The molecule has 2 aromatic rings. The molecule has 0 radical (unpaired) electrons. The highest BCUT2D eigenvalue weighted by atomic mass is 35.5. The Balaban J connectivity index is 2.24. The van der Waals surface area contributed by atoms with Crippen LogP contribution in [-0.4, -0.2) is 48.7 Å². The number of pyridine rings is 1. The molecule has 0 fully saturated rings. The first kappa shape index (κ1) is 23.5. The Labute approximate surface area is 176 Å². The second-order valence-corrected chi connectivity index (χ2v) is 8.74. The van der Waals surface area contributed by atoms with E-state index in [2.05, 4.69) is 10.1 Å². The Kier molecular flexibility index (Phi) is 7.69. The zero-order valence-electron chi connectivity index (χ0n) is 15.8. The van der Waals surface area contributed by atoms with Gasteiger partial charge in [0.05, 0.1) is 40.6 Å². The van der Waals surface area contributed by atoms with E-state index >= 15 is 0 Å². The van der Waals surface area contributed by atoms with Crippen molar-refractivity contribution < 1.29 is 22.2 Å². The molecule has 0 aliphatic carbocycles. The third-order valence-electron chi connectivity index (χ3n) is 3.90. The zero-order chi connectivity index (χ0) is 22.4. The van der Waals surface area contributed by atoms with Crippen molar-refractivity contribution in [1.82, 2.24) is 19.5 Å². The van der Waals surface area contributed by atoms with Gasteiger partial charge in [-0.15, -0.1) is 0 Å². The van der Waals surface area contributed by atoms with Gasteiger partial charge in [-0.25, -0.2) is 13.6 Å². The van der Waals surface area contributed by atoms with Gasteiger partial charge in [-0.1, -0.05) is 11.6 Å². The van der Waals surface area contributed by atoms with Crippen LogP contribution >= 0.6 is 11.6 Å². The number of nitriles is 1. The lowest BCUT2D eigenvalue weighted by molar-refractivity contribution is -0.129. The number of alkyl halides is 3. The van der Waals surface area contributed by atoms with E-state index in [9.17, 15) is 22.2 Å². The Morgan fingerprint density at radius 2 is 2.23 bits per heavy atom. The molecule has 1 unspecified atom stereocenters. The number of amides is 1. The number of halogens is 4. The van der Waals surface area contributed by atoms with Gasteiger partial charge in [-0.05, 0) is 24.4 Å². The lowest BCUT2D eigenvalue weighted by atomic mass is 10.3. The number of carbonyl (C=O) groups is 1. The summed E-state index contributed by atoms with van der Waals surface area (Å²) in [4.78, 5) is 17.9. The zero-order valence-corrected chi connectivity index (χ0v) is 17.3. The van der Waals surface area contributed by atoms with E-state index in [0.29, 0.717) is 5.69 Å². The number of rotatable bonds is 8. The molecule has 0 aliphatic heterocycles. The van der Waals surface area contributed by atoms with Gasteiger partial charge in [-0.3, -0.25) is 9.78 Å². The van der Waals surface area contributed by atoms with E-state index in [4.69, 9.17) is 16.9 Å². The summed E-state index contributed by atoms with van der Waals surface area (Å²) >= 11 is 6.16. The van der Waals surface area contributed by atoms with Crippen molar-refractivity contribution in [2.75, 3.05) is 17.2 Å². The number of hydrogen-bond acceptors (Lipinski definition) is 5. The van der Waals surface area contributed by atoms with Gasteiger partial charge >= 0.3 is 6.18 Å². The molecule has 0 aromatic carbocycles. The SMILES string of the molecule is CCN(C(=O)CC=S(=O)(CCC(F)(F)F)NC#N)c1cn(-c2cccnc2)nc1Cl. The maximum atomic E-state index is 12.7. The number of hydrogen-bond donors (Lipinski definition) is 1. The Morgan fingerprint density at radius 3 is 2.80 bits per heavy atom. The topological polar surface area (TPSA) is 104 Å². The molecule has 0 saturated carbocycles. The number of nitrogens with zero attached hydrogens (tertiary/aromatic N) is 5. The van der Waals surface area contributed by atoms with Crippen molar-refractivity contribution in [1.29, 1.82) is 5.26 Å². The molecule has 2 heterocycles. The minimum Gasteiger partial charge on any atom is -0.308 e. The normalized spacial score (nSPS) is 13.2. The smallest absolute Gasteiger partial charge is 0.308 e. The number of anilines is 1. The molecule has 1 atom stereocenters. The summed E-state index contributed by atoms with van der Waals surface area (Å²) in [6, 6.07) is 3.43. The van der Waals surface area contributed by atoms with Gasteiger partial charge in [0.2, 0.25) is 5.91 Å². The van der Waals surface area contributed by atoms with Crippen LogP contribution in [0, 0.1) is 11.5 Å². The second kappa shape index (κ2) is 9.82. The van der Waals surface area contributed by atoms with Gasteiger partial charge in [-0.2, -0.15) is 23.5 Å². The van der Waals surface area contributed by atoms with Crippen LogP contribution in [0.25, 0.3) is 5.69 Å². The molecule has 0 saturated heterocycles. The fraction of sp³-hybridized carbons (Fsp3) is 0.353. The summed E-state index contributed by atoms with van der Waals surface area (Å²) in [5.41, 5.74) is 0.880. The Bertz CT molecular complexity index is 1040. The van der Waals surface area contributed by atoms with E-state index < -0.39 is 40.4 Å². The number of aromatic nitrogens is 3. The van der Waals surface area contributed by atoms with Crippen LogP contribution in [0.15, 0.2) is 30.7 Å². The van der Waals surface area contributed by atoms with Crippen molar-refractivity contribution in [2.45, 2.75) is 25.9 Å². The van der Waals surface area contributed by atoms with Crippen molar-refractivity contribution in [2.24, 2.45) is 0 Å². The largest absolute Gasteiger partial charge is 0.390 e. The molecular weight excluding hydrogens is 445 g/mol. The molecular formula is C17H18ClF3N6O2S. The molecule has 1 N–H and O–H groups in total. The van der Waals surface area contributed by atoms with E-state index in [0.717, 1.165) is 5.37 Å². The van der Waals surface area contributed by atoms with Crippen molar-refractivity contribution in [3.63, 3.8) is 0 Å². The first-order valence-corrected chi connectivity index (χ1v) is 10.8. The third kappa shape index (κ3) is 6.36. The van der Waals surface area contributed by atoms with Gasteiger partial charge in [0, 0.05) is 18.5 Å². The first-order valence-electron chi connectivity index (χ1n) is 8.62. The summed E-state index contributed by atoms with van der Waals surface area (Å²) in [6.07, 6.45) is -0.340. The predicted molar refractivity (Wildman–Crippen MR) is 108 cm³/mol. The molecule has 0 aliphatic rings. The minimum absolute atomic E-state index is 0.0296. The summed E-state index contributed by atoms with van der Waals surface area (Å²) in [5, 5.41) is 13.8. The van der Waals surface area contributed by atoms with Crippen molar-refractivity contribution in [3.8, 4) is 11.9 Å². The molecule has 0 bridgehead atoms. The van der Waals surface area contributed by atoms with Crippen LogP contribution in [0.5, 0.6) is 0 Å². The summed E-state index contributed by atoms with van der Waals surface area (Å²) in [7, 11) is -3.50. The van der Waals surface area contributed by atoms with Gasteiger partial charge < -0.3 is 4.90 Å². The molecule has 0 spiro atoms. The van der Waals surface area contributed by atoms with Crippen molar-refractivity contribution in [3.05, 3.63) is 35.9 Å². The molecule has 13 heteroatoms. The lowest BCUT2D eigenvalue weighted by Crippen LogP contribution is -2.33. The second-order valence-electron chi connectivity index (χ2n) is 5.98. The van der Waals surface area contributed by atoms with E-state index in [-0.39, 0.29) is 17.4 Å². The van der Waals surface area contributed by atoms with E-state index in [1.807, 2.05) is 4.72 Å². The summed E-state index contributed by atoms with van der Waals surface area (Å²) < 4.78 is 53.2. The van der Waals surface area contributed by atoms with E-state index in [1.165, 1.54) is 22.0 Å². The standard InChI is InChI=1S/C17H18ClF3N6O2S/c1-2-26(14-11-27(25-16(14)18)13-4-3-7-23-10-13)15(28)5-8-30(29,24-12-22)9-6-17(19,20)21/h3-4,7-8,10-11H,2,5-6,9H2,1H3,(H,24,29). The maximum absolute atomic E-state index is 12.7. The maximum Gasteiger partial charge on any atom is 0.390 e. The molecule has 1 amide bonds. The Morgan fingerprint density at radius 1 is 1.50 bits per heavy atom. The highest BCUT2D eigenvalue weighted by Crippen LogP contribution is 2.26. The Hall–Kier alpha value is -2.78. The van der Waals surface area contributed by atoms with Crippen LogP contribution in [0.3, 0.4) is 0 Å². The molecule has 2 rings (SSSR count). The average Bonchev–Trinajstić information content (AvgIpc) is 3.08. The molecule has 162 valence electrons. The fourth-order valence-electron chi connectivity index (χ4n) is 2.46. The van der Waals surface area contributed by atoms with Crippen LogP contribution in [0.1, 0.15) is 19.8 Å². The lowest BCUT2D eigenvalue weighted by Gasteiger charge is -2.19. The molecule has 30 heavy (non-hydrogen) atoms. The van der Waals surface area contributed by atoms with Gasteiger partial charge in [0.15, 0.2) is 11.3 Å². The van der Waals surface area contributed by atoms with Crippen LogP contribution in [-0.2, 0) is 14.5 Å². The predicted octanol–water partition coefficient (Wildman–Crippen LogP) is 2.69. The highest BCUT2D eigenvalue weighted by Gasteiger charge is 2.29. The van der Waals surface area contributed by atoms with Gasteiger partial charge in [0.1, 0.15) is 5.69 Å². The average molecular weight is 463 g/mol. The molecule has 8 nitrogen and oxygen atoms in total. The third-order valence-corrected chi connectivity index (χ3v) is 6.13. The van der Waals surface area contributed by atoms with Crippen LogP contribution < -0.4 is 9.62 Å². The van der Waals surface area contributed by atoms with Crippen LogP contribution in [0.2, 0.25) is 5.15 Å². The minimum atomic E-state index is -4.54. The summed E-state index contributed by atoms with van der Waals surface area (Å²) in [6.45, 7) is 1.85. The first-order chi connectivity index (χ1) is 14.1. The highest BCUT2D eigenvalue weighted by molar-refractivity contribution is 7.99. The number of nitrogens with one attached hydrogen (secondary N) is 1. The monoisotopic (exact) mass is 462 g/mol. The quantitative estimate of drug-likeness (QED) is 0.369. The molecule has 2 aromatic heterocycles. The van der Waals surface area contributed by atoms with Gasteiger partial charge in [0.25, 0.3) is 0 Å². The number of carbonyl (C=O) groups excluding carboxylic acids is 1. The summed E-state index contributed by atoms with van der Waals surface area (Å²) in [5.74, 6) is -1.41. The van der Waals surface area contributed by atoms with Crippen molar-refractivity contribution >= 4 is 38.3 Å². The van der Waals surface area contributed by atoms with E-state index in [1.54, 1.807) is 31.5 Å². The fourth-order valence-corrected chi connectivity index (χ4v) is 4.15.